The zero-order chi connectivity index (χ0) is 12.3. The predicted octanol–water partition coefficient (Wildman–Crippen LogP) is 1.65. The molecule has 1 aromatic heterocycles. The molecule has 1 aromatic rings. The number of pyridine rings is 1. The molecule has 0 aliphatic carbocycles. The highest BCUT2D eigenvalue weighted by Crippen LogP contribution is 2.19. The van der Waals surface area contributed by atoms with Crippen LogP contribution in [0.15, 0.2) is 18.5 Å². The fourth-order valence-electron chi connectivity index (χ4n) is 1.94. The van der Waals surface area contributed by atoms with Gasteiger partial charge in [-0.1, -0.05) is 0 Å². The van der Waals surface area contributed by atoms with Crippen LogP contribution in [0.2, 0.25) is 0 Å². The van der Waals surface area contributed by atoms with E-state index < -0.39 is 0 Å². The summed E-state index contributed by atoms with van der Waals surface area (Å²) in [6.07, 6.45) is 3.71. The largest absolute Gasteiger partial charge is 0.486 e. The minimum atomic E-state index is 0. The van der Waals surface area contributed by atoms with Gasteiger partial charge in [0.05, 0.1) is 12.8 Å². The number of likely N-dealkylation sites (N-methyl/N-ethyl adjacent to an activating group) is 1. The van der Waals surface area contributed by atoms with E-state index in [0.29, 0.717) is 0 Å². The molecule has 0 radical (unpaired) electrons. The van der Waals surface area contributed by atoms with Crippen molar-refractivity contribution in [3.05, 3.63) is 24.0 Å². The summed E-state index contributed by atoms with van der Waals surface area (Å²) in [4.78, 5) is 6.35. The molecule has 102 valence electrons. The molecule has 0 aromatic carbocycles. The molecule has 1 saturated heterocycles. The van der Waals surface area contributed by atoms with Crippen LogP contribution in [-0.2, 0) is 4.74 Å². The van der Waals surface area contributed by atoms with Gasteiger partial charge in [0.2, 0.25) is 0 Å². The van der Waals surface area contributed by atoms with Gasteiger partial charge in [-0.3, -0.25) is 4.98 Å². The van der Waals surface area contributed by atoms with Crippen LogP contribution >= 0.6 is 0 Å². The summed E-state index contributed by atoms with van der Waals surface area (Å²) in [5.41, 5.74) is 1.11. The number of hydrogen-bond donors (Lipinski definition) is 1. The monoisotopic (exact) mass is 253 g/mol. The molecule has 0 spiro atoms. The van der Waals surface area contributed by atoms with E-state index in [1.165, 1.54) is 0 Å². The maximum absolute atomic E-state index is 5.92. The Bertz CT molecular complexity index is 373. The second-order valence-corrected chi connectivity index (χ2v) is 4.64. The SMILES string of the molecule is Cc1ccncc1OC(C)C1CN(C)CCO1.N. The van der Waals surface area contributed by atoms with Crippen LogP contribution in [0.5, 0.6) is 5.75 Å². The number of hydrogen-bond acceptors (Lipinski definition) is 5. The molecule has 1 fully saturated rings. The van der Waals surface area contributed by atoms with Crippen LogP contribution in [0.25, 0.3) is 0 Å². The third kappa shape index (κ3) is 3.66. The molecule has 3 N–H and O–H groups in total. The minimum Gasteiger partial charge on any atom is -0.486 e. The number of nitrogens with zero attached hydrogens (tertiary/aromatic N) is 2. The van der Waals surface area contributed by atoms with E-state index >= 15 is 0 Å². The summed E-state index contributed by atoms with van der Waals surface area (Å²) < 4.78 is 11.7. The number of aromatic nitrogens is 1. The normalized spacial score (nSPS) is 22.1. The molecule has 2 heterocycles. The smallest absolute Gasteiger partial charge is 0.141 e. The molecule has 0 bridgehead atoms. The van der Waals surface area contributed by atoms with Crippen molar-refractivity contribution in [3.63, 3.8) is 0 Å². The average Bonchev–Trinajstić information content (AvgIpc) is 2.32. The molecular weight excluding hydrogens is 230 g/mol. The minimum absolute atomic E-state index is 0. The van der Waals surface area contributed by atoms with E-state index in [1.807, 2.05) is 13.0 Å². The first-order valence-corrected chi connectivity index (χ1v) is 6.04. The Kier molecular flexibility index (Phi) is 5.53. The summed E-state index contributed by atoms with van der Waals surface area (Å²) in [5.74, 6) is 0.844. The predicted molar refractivity (Wildman–Crippen MR) is 71.3 cm³/mol. The summed E-state index contributed by atoms with van der Waals surface area (Å²) in [7, 11) is 2.11. The van der Waals surface area contributed by atoms with Crippen molar-refractivity contribution >= 4 is 0 Å². The molecule has 18 heavy (non-hydrogen) atoms. The molecule has 5 heteroatoms. The highest BCUT2D eigenvalue weighted by atomic mass is 16.5. The van der Waals surface area contributed by atoms with E-state index in [-0.39, 0.29) is 18.4 Å². The second kappa shape index (κ2) is 6.68. The van der Waals surface area contributed by atoms with Gasteiger partial charge in [0, 0.05) is 19.3 Å². The summed E-state index contributed by atoms with van der Waals surface area (Å²) in [6, 6.07) is 1.95. The maximum atomic E-state index is 5.92. The Labute approximate surface area is 109 Å². The Morgan fingerprint density at radius 2 is 2.33 bits per heavy atom. The van der Waals surface area contributed by atoms with Gasteiger partial charge in [0.1, 0.15) is 18.0 Å². The van der Waals surface area contributed by atoms with Gasteiger partial charge >= 0.3 is 0 Å². The molecule has 2 rings (SSSR count). The van der Waals surface area contributed by atoms with Crippen molar-refractivity contribution in [1.82, 2.24) is 16.0 Å². The molecule has 0 amide bonds. The van der Waals surface area contributed by atoms with Gasteiger partial charge in [0.25, 0.3) is 0 Å². The highest BCUT2D eigenvalue weighted by molar-refractivity contribution is 5.28. The first kappa shape index (κ1) is 14.9. The van der Waals surface area contributed by atoms with Crippen LogP contribution in [-0.4, -0.2) is 48.8 Å². The van der Waals surface area contributed by atoms with E-state index in [2.05, 4.69) is 23.9 Å². The van der Waals surface area contributed by atoms with Gasteiger partial charge in [-0.15, -0.1) is 0 Å². The van der Waals surface area contributed by atoms with Crippen LogP contribution in [0, 0.1) is 6.92 Å². The van der Waals surface area contributed by atoms with E-state index in [4.69, 9.17) is 9.47 Å². The van der Waals surface area contributed by atoms with E-state index in [0.717, 1.165) is 31.0 Å². The van der Waals surface area contributed by atoms with Crippen molar-refractivity contribution in [3.8, 4) is 5.75 Å². The lowest BCUT2D eigenvalue weighted by atomic mass is 10.2. The first-order valence-electron chi connectivity index (χ1n) is 6.04. The molecule has 2 atom stereocenters. The third-order valence-corrected chi connectivity index (χ3v) is 3.12. The average molecular weight is 253 g/mol. The second-order valence-electron chi connectivity index (χ2n) is 4.64. The van der Waals surface area contributed by atoms with Crippen LogP contribution < -0.4 is 10.9 Å². The Hall–Kier alpha value is -1.17. The quantitative estimate of drug-likeness (QED) is 0.887. The number of aryl methyl sites for hydroxylation is 1. The van der Waals surface area contributed by atoms with E-state index in [1.54, 1.807) is 12.4 Å². The lowest BCUT2D eigenvalue weighted by Gasteiger charge is -2.33. The van der Waals surface area contributed by atoms with Crippen LogP contribution in [0.1, 0.15) is 12.5 Å². The molecule has 1 aliphatic rings. The van der Waals surface area contributed by atoms with E-state index in [9.17, 15) is 0 Å². The summed E-state index contributed by atoms with van der Waals surface area (Å²) in [6.45, 7) is 6.77. The Morgan fingerprint density at radius 3 is 3.00 bits per heavy atom. The molecule has 1 aliphatic heterocycles. The fraction of sp³-hybridized carbons (Fsp3) is 0.615. The van der Waals surface area contributed by atoms with Crippen molar-refractivity contribution < 1.29 is 9.47 Å². The van der Waals surface area contributed by atoms with Gasteiger partial charge < -0.3 is 20.5 Å². The zero-order valence-electron chi connectivity index (χ0n) is 11.4. The first-order chi connectivity index (χ1) is 8.16. The fourth-order valence-corrected chi connectivity index (χ4v) is 1.94. The number of ether oxygens (including phenoxy) is 2. The summed E-state index contributed by atoms with van der Waals surface area (Å²) >= 11 is 0. The topological polar surface area (TPSA) is 69.6 Å². The number of morpholine rings is 1. The van der Waals surface area contributed by atoms with Crippen molar-refractivity contribution in [1.29, 1.82) is 0 Å². The lowest BCUT2D eigenvalue weighted by Crippen LogP contribution is -2.46. The van der Waals surface area contributed by atoms with Crippen LogP contribution in [0.3, 0.4) is 0 Å². The van der Waals surface area contributed by atoms with Crippen molar-refractivity contribution in [2.24, 2.45) is 0 Å². The van der Waals surface area contributed by atoms with Gasteiger partial charge in [-0.25, -0.2) is 0 Å². The van der Waals surface area contributed by atoms with Crippen LogP contribution in [0.4, 0.5) is 0 Å². The van der Waals surface area contributed by atoms with Crippen molar-refractivity contribution in [2.45, 2.75) is 26.1 Å². The highest BCUT2D eigenvalue weighted by Gasteiger charge is 2.25. The lowest BCUT2D eigenvalue weighted by molar-refractivity contribution is -0.0692. The summed E-state index contributed by atoms with van der Waals surface area (Å²) in [5, 5.41) is 0. The van der Waals surface area contributed by atoms with Gasteiger partial charge in [0.15, 0.2) is 0 Å². The molecular formula is C13H23N3O2. The molecule has 2 unspecified atom stereocenters. The molecule has 5 nitrogen and oxygen atoms in total. The maximum Gasteiger partial charge on any atom is 0.141 e. The number of rotatable bonds is 3. The van der Waals surface area contributed by atoms with Gasteiger partial charge in [-0.05, 0) is 32.5 Å². The molecule has 0 saturated carbocycles. The van der Waals surface area contributed by atoms with Crippen molar-refractivity contribution in [2.75, 3.05) is 26.7 Å². The Morgan fingerprint density at radius 1 is 1.56 bits per heavy atom. The third-order valence-electron chi connectivity index (χ3n) is 3.12. The zero-order valence-corrected chi connectivity index (χ0v) is 11.4. The standard InChI is InChI=1S/C13H20N2O2.H3N/c1-10-4-5-14-8-12(10)17-11(2)13-9-15(3)6-7-16-13;/h4-5,8,11,13H,6-7,9H2,1-3H3;1H3. The Balaban J connectivity index is 0.00000162. The van der Waals surface area contributed by atoms with Gasteiger partial charge in [-0.2, -0.15) is 0 Å².